The standard InChI is InChI=1S/C14H16FN3O2S/c1-7-8(2)20-14(17-7)21-9(3)13(19)18-12-6-10(16)4-5-11(12)15/h4-6,9H,16H2,1-3H3,(H,18,19). The summed E-state index contributed by atoms with van der Waals surface area (Å²) in [5.41, 5.74) is 6.80. The number of benzene rings is 1. The van der Waals surface area contributed by atoms with Crippen LogP contribution in [-0.4, -0.2) is 16.1 Å². The van der Waals surface area contributed by atoms with Crippen molar-refractivity contribution in [2.75, 3.05) is 11.1 Å². The normalized spacial score (nSPS) is 12.2. The number of nitrogens with zero attached hydrogens (tertiary/aromatic N) is 1. The Balaban J connectivity index is 2.04. The fourth-order valence-corrected chi connectivity index (χ4v) is 2.40. The van der Waals surface area contributed by atoms with Gasteiger partial charge in [-0.15, -0.1) is 0 Å². The van der Waals surface area contributed by atoms with Crippen molar-refractivity contribution in [1.29, 1.82) is 0 Å². The van der Waals surface area contributed by atoms with E-state index in [0.717, 1.165) is 5.69 Å². The number of carbonyl (C=O) groups is 1. The Kier molecular flexibility index (Phi) is 4.52. The van der Waals surface area contributed by atoms with Gasteiger partial charge in [-0.3, -0.25) is 4.79 Å². The summed E-state index contributed by atoms with van der Waals surface area (Å²) in [7, 11) is 0. The van der Waals surface area contributed by atoms with Gasteiger partial charge in [-0.05, 0) is 39.0 Å². The minimum Gasteiger partial charge on any atom is -0.437 e. The van der Waals surface area contributed by atoms with E-state index in [9.17, 15) is 9.18 Å². The topological polar surface area (TPSA) is 81.2 Å². The SMILES string of the molecule is Cc1nc(SC(C)C(=O)Nc2cc(N)ccc2F)oc1C. The molecule has 2 rings (SSSR count). The number of rotatable bonds is 4. The molecule has 0 bridgehead atoms. The van der Waals surface area contributed by atoms with Gasteiger partial charge in [-0.1, -0.05) is 11.8 Å². The first-order chi connectivity index (χ1) is 9.86. The monoisotopic (exact) mass is 309 g/mol. The lowest BCUT2D eigenvalue weighted by Gasteiger charge is -2.11. The first-order valence-electron chi connectivity index (χ1n) is 6.33. The maximum absolute atomic E-state index is 13.6. The van der Waals surface area contributed by atoms with Crippen LogP contribution in [0.2, 0.25) is 0 Å². The third-order valence-corrected chi connectivity index (χ3v) is 3.85. The molecule has 0 radical (unpaired) electrons. The van der Waals surface area contributed by atoms with Crippen LogP contribution in [0, 0.1) is 19.7 Å². The highest BCUT2D eigenvalue weighted by atomic mass is 32.2. The average molecular weight is 309 g/mol. The van der Waals surface area contributed by atoms with Crippen LogP contribution in [0.4, 0.5) is 15.8 Å². The van der Waals surface area contributed by atoms with Crippen LogP contribution in [0.25, 0.3) is 0 Å². The van der Waals surface area contributed by atoms with Crippen LogP contribution in [-0.2, 0) is 4.79 Å². The zero-order valence-corrected chi connectivity index (χ0v) is 12.8. The summed E-state index contributed by atoms with van der Waals surface area (Å²) in [5.74, 6) is -0.164. The van der Waals surface area contributed by atoms with Gasteiger partial charge < -0.3 is 15.5 Å². The molecule has 2 aromatic rings. The number of nitrogen functional groups attached to an aromatic ring is 1. The van der Waals surface area contributed by atoms with Gasteiger partial charge in [-0.25, -0.2) is 9.37 Å². The fourth-order valence-electron chi connectivity index (χ4n) is 1.57. The van der Waals surface area contributed by atoms with Crippen molar-refractivity contribution in [1.82, 2.24) is 4.98 Å². The third kappa shape index (κ3) is 3.75. The molecule has 1 unspecified atom stereocenters. The number of thioether (sulfide) groups is 1. The summed E-state index contributed by atoms with van der Waals surface area (Å²) < 4.78 is 19.0. The number of carbonyl (C=O) groups excluding carboxylic acids is 1. The molecule has 112 valence electrons. The number of nitrogens with two attached hydrogens (primary N) is 1. The van der Waals surface area contributed by atoms with E-state index in [2.05, 4.69) is 10.3 Å². The molecule has 0 saturated heterocycles. The molecule has 1 aromatic carbocycles. The van der Waals surface area contributed by atoms with Crippen LogP contribution in [0.1, 0.15) is 18.4 Å². The summed E-state index contributed by atoms with van der Waals surface area (Å²) in [6.45, 7) is 5.33. The number of hydrogen-bond acceptors (Lipinski definition) is 5. The van der Waals surface area contributed by atoms with Gasteiger partial charge in [0, 0.05) is 5.69 Å². The highest BCUT2D eigenvalue weighted by Crippen LogP contribution is 2.26. The molecule has 5 nitrogen and oxygen atoms in total. The first-order valence-corrected chi connectivity index (χ1v) is 7.21. The minimum atomic E-state index is -0.530. The molecule has 0 fully saturated rings. The molecule has 21 heavy (non-hydrogen) atoms. The predicted octanol–water partition coefficient (Wildman–Crippen LogP) is 3.13. The van der Waals surface area contributed by atoms with E-state index in [4.69, 9.17) is 10.2 Å². The molecule has 0 saturated carbocycles. The Labute approximate surface area is 126 Å². The molecule has 0 aliphatic rings. The smallest absolute Gasteiger partial charge is 0.256 e. The second-order valence-corrected chi connectivity index (χ2v) is 5.90. The van der Waals surface area contributed by atoms with Crippen molar-refractivity contribution in [3.8, 4) is 0 Å². The summed E-state index contributed by atoms with van der Waals surface area (Å²) >= 11 is 1.17. The van der Waals surface area contributed by atoms with Crippen molar-refractivity contribution in [2.45, 2.75) is 31.2 Å². The van der Waals surface area contributed by atoms with Gasteiger partial charge in [0.2, 0.25) is 5.91 Å². The number of nitrogens with one attached hydrogen (secondary N) is 1. The Morgan fingerprint density at radius 1 is 1.48 bits per heavy atom. The van der Waals surface area contributed by atoms with Crippen LogP contribution in [0.15, 0.2) is 27.8 Å². The highest BCUT2D eigenvalue weighted by molar-refractivity contribution is 8.00. The summed E-state index contributed by atoms with van der Waals surface area (Å²) in [6.07, 6.45) is 0. The second-order valence-electron chi connectivity index (χ2n) is 4.61. The zero-order valence-electron chi connectivity index (χ0n) is 11.9. The van der Waals surface area contributed by atoms with Crippen LogP contribution >= 0.6 is 11.8 Å². The molecule has 1 atom stereocenters. The zero-order chi connectivity index (χ0) is 15.6. The fraction of sp³-hybridized carbons (Fsp3) is 0.286. The second kappa shape index (κ2) is 6.17. The van der Waals surface area contributed by atoms with E-state index in [1.165, 1.54) is 30.0 Å². The molecule has 3 N–H and O–H groups in total. The summed E-state index contributed by atoms with van der Waals surface area (Å²) in [4.78, 5) is 16.3. The van der Waals surface area contributed by atoms with Gasteiger partial charge >= 0.3 is 0 Å². The lowest BCUT2D eigenvalue weighted by molar-refractivity contribution is -0.115. The maximum Gasteiger partial charge on any atom is 0.256 e. The highest BCUT2D eigenvalue weighted by Gasteiger charge is 2.19. The molecule has 0 aliphatic heterocycles. The number of aromatic nitrogens is 1. The van der Waals surface area contributed by atoms with Crippen molar-refractivity contribution in [2.24, 2.45) is 0 Å². The quantitative estimate of drug-likeness (QED) is 0.670. The van der Waals surface area contributed by atoms with Crippen molar-refractivity contribution in [3.63, 3.8) is 0 Å². The summed E-state index contributed by atoms with van der Waals surface area (Å²) in [5, 5.41) is 2.44. The van der Waals surface area contributed by atoms with Crippen molar-refractivity contribution in [3.05, 3.63) is 35.5 Å². The summed E-state index contributed by atoms with van der Waals surface area (Å²) in [6, 6.07) is 4.02. The molecule has 1 aromatic heterocycles. The lowest BCUT2D eigenvalue weighted by atomic mass is 10.2. The molecular weight excluding hydrogens is 293 g/mol. The van der Waals surface area contributed by atoms with E-state index >= 15 is 0 Å². The first kappa shape index (κ1) is 15.4. The molecule has 1 amide bonds. The number of amides is 1. The van der Waals surface area contributed by atoms with Crippen LogP contribution in [0.3, 0.4) is 0 Å². The number of halogens is 1. The number of hydrogen-bond donors (Lipinski definition) is 2. The van der Waals surface area contributed by atoms with Crippen LogP contribution < -0.4 is 11.1 Å². The van der Waals surface area contributed by atoms with Gasteiger partial charge in [0.15, 0.2) is 0 Å². The molecule has 0 aliphatic carbocycles. The van der Waals surface area contributed by atoms with Crippen LogP contribution in [0.5, 0.6) is 0 Å². The largest absolute Gasteiger partial charge is 0.437 e. The maximum atomic E-state index is 13.6. The van der Waals surface area contributed by atoms with Gasteiger partial charge in [0.05, 0.1) is 16.6 Å². The van der Waals surface area contributed by atoms with E-state index in [1.54, 1.807) is 13.8 Å². The van der Waals surface area contributed by atoms with Crippen molar-refractivity contribution >= 4 is 29.0 Å². The Bertz CT molecular complexity index is 653. The average Bonchev–Trinajstić information content (AvgIpc) is 2.72. The van der Waals surface area contributed by atoms with Gasteiger partial charge in [0.25, 0.3) is 5.22 Å². The third-order valence-electron chi connectivity index (χ3n) is 2.90. The molecule has 7 heteroatoms. The lowest BCUT2D eigenvalue weighted by Crippen LogP contribution is -2.23. The number of anilines is 2. The van der Waals surface area contributed by atoms with E-state index in [1.807, 2.05) is 6.92 Å². The number of oxazole rings is 1. The Morgan fingerprint density at radius 2 is 2.19 bits per heavy atom. The minimum absolute atomic E-state index is 0.0622. The van der Waals surface area contributed by atoms with Gasteiger partial charge in [0.1, 0.15) is 11.6 Å². The predicted molar refractivity (Wildman–Crippen MR) is 80.7 cm³/mol. The molecule has 1 heterocycles. The van der Waals surface area contributed by atoms with Gasteiger partial charge in [-0.2, -0.15) is 0 Å². The Hall–Kier alpha value is -2.02. The molecular formula is C14H16FN3O2S. The van der Waals surface area contributed by atoms with Crippen molar-refractivity contribution < 1.29 is 13.6 Å². The van der Waals surface area contributed by atoms with E-state index in [-0.39, 0.29) is 11.6 Å². The van der Waals surface area contributed by atoms with E-state index in [0.29, 0.717) is 16.7 Å². The molecule has 0 spiro atoms. The van der Waals surface area contributed by atoms with E-state index < -0.39 is 11.1 Å². The number of aryl methyl sites for hydroxylation is 2. The Morgan fingerprint density at radius 3 is 2.81 bits per heavy atom.